The number of nitrogens with zero attached hydrogens (tertiary/aromatic N) is 2. The molecular weight excluding hydrogens is 210 g/mol. The molecule has 3 nitrogen and oxygen atoms in total. The summed E-state index contributed by atoms with van der Waals surface area (Å²) >= 11 is 0. The first-order valence-electron chi connectivity index (χ1n) is 6.67. The van der Waals surface area contributed by atoms with Gasteiger partial charge in [0.15, 0.2) is 0 Å². The van der Waals surface area contributed by atoms with E-state index < -0.39 is 0 Å². The summed E-state index contributed by atoms with van der Waals surface area (Å²) in [6.45, 7) is 3.60. The van der Waals surface area contributed by atoms with Gasteiger partial charge in [0, 0.05) is 38.3 Å². The minimum atomic E-state index is 0.649. The van der Waals surface area contributed by atoms with Gasteiger partial charge in [-0.15, -0.1) is 0 Å². The molecule has 1 N–H and O–H groups in total. The fraction of sp³-hybridized carbons (Fsp3) is 0.714. The lowest BCUT2D eigenvalue weighted by atomic mass is 9.88. The van der Waals surface area contributed by atoms with E-state index in [9.17, 15) is 0 Å². The molecule has 2 aliphatic rings. The van der Waals surface area contributed by atoms with E-state index in [2.05, 4.69) is 41.4 Å². The van der Waals surface area contributed by atoms with Crippen LogP contribution in [0, 0.1) is 0 Å². The molecule has 1 aliphatic carbocycles. The molecular formula is C14H25N3. The summed E-state index contributed by atoms with van der Waals surface area (Å²) in [5, 5.41) is 3.30. The van der Waals surface area contributed by atoms with Crippen molar-refractivity contribution < 1.29 is 0 Å². The van der Waals surface area contributed by atoms with Crippen LogP contribution in [-0.4, -0.2) is 56.6 Å². The normalized spacial score (nSPS) is 25.3. The fourth-order valence-corrected chi connectivity index (χ4v) is 2.76. The lowest BCUT2D eigenvalue weighted by Gasteiger charge is -2.40. The molecule has 0 aromatic carbocycles. The Hall–Kier alpha value is -0.800. The van der Waals surface area contributed by atoms with Gasteiger partial charge in [0.1, 0.15) is 0 Å². The number of hydrogen-bond acceptors (Lipinski definition) is 3. The molecule has 96 valence electrons. The fourth-order valence-electron chi connectivity index (χ4n) is 2.76. The van der Waals surface area contributed by atoms with Crippen LogP contribution in [0.4, 0.5) is 0 Å². The molecule has 1 atom stereocenters. The monoisotopic (exact) mass is 235 g/mol. The van der Waals surface area contributed by atoms with Gasteiger partial charge in [0.25, 0.3) is 0 Å². The topological polar surface area (TPSA) is 18.5 Å². The van der Waals surface area contributed by atoms with Crippen LogP contribution in [0.3, 0.4) is 0 Å². The van der Waals surface area contributed by atoms with E-state index in [0.717, 1.165) is 13.0 Å². The van der Waals surface area contributed by atoms with Crippen LogP contribution in [0.1, 0.15) is 19.3 Å². The first kappa shape index (κ1) is 12.7. The number of hydrogen-bond donors (Lipinski definition) is 1. The second-order valence-corrected chi connectivity index (χ2v) is 5.35. The standard InChI is InChI=1S/C14H25N3/c1-15-13-7-6-12-5-4-8-17(14(12)11-13)10-9-16(2)3/h6-7,14-15H,4-5,8-11H2,1-3H3. The Morgan fingerprint density at radius 3 is 2.94 bits per heavy atom. The molecule has 0 aromatic rings. The van der Waals surface area contributed by atoms with Crippen LogP contribution in [0.2, 0.25) is 0 Å². The number of likely N-dealkylation sites (N-methyl/N-ethyl adjacent to an activating group) is 1. The molecule has 0 aromatic heterocycles. The third-order valence-corrected chi connectivity index (χ3v) is 3.85. The number of rotatable bonds is 4. The maximum atomic E-state index is 3.30. The molecule has 0 amide bonds. The molecule has 0 spiro atoms. The zero-order valence-electron chi connectivity index (χ0n) is 11.4. The average Bonchev–Trinajstić information content (AvgIpc) is 2.35. The van der Waals surface area contributed by atoms with E-state index in [1.54, 1.807) is 5.57 Å². The second kappa shape index (κ2) is 5.69. The molecule has 1 heterocycles. The third kappa shape index (κ3) is 3.11. The van der Waals surface area contributed by atoms with E-state index in [1.807, 2.05) is 7.05 Å². The Morgan fingerprint density at radius 2 is 2.24 bits per heavy atom. The number of piperidine rings is 1. The van der Waals surface area contributed by atoms with Gasteiger partial charge < -0.3 is 10.2 Å². The van der Waals surface area contributed by atoms with E-state index >= 15 is 0 Å². The molecule has 0 bridgehead atoms. The largest absolute Gasteiger partial charge is 0.391 e. The van der Waals surface area contributed by atoms with Crippen molar-refractivity contribution in [3.8, 4) is 0 Å². The SMILES string of the molecule is CNC1=CC=C2CCCN(CCN(C)C)C2C1. The predicted molar refractivity (Wildman–Crippen MR) is 73.0 cm³/mol. The molecule has 0 saturated carbocycles. The highest BCUT2D eigenvalue weighted by molar-refractivity contribution is 5.29. The number of fused-ring (bicyclic) bond motifs is 1. The van der Waals surface area contributed by atoms with Crippen LogP contribution in [0.5, 0.6) is 0 Å². The van der Waals surface area contributed by atoms with Gasteiger partial charge in [-0.3, -0.25) is 4.90 Å². The zero-order valence-corrected chi connectivity index (χ0v) is 11.4. The van der Waals surface area contributed by atoms with Gasteiger partial charge in [-0.25, -0.2) is 0 Å². The highest BCUT2D eigenvalue weighted by Crippen LogP contribution is 2.29. The van der Waals surface area contributed by atoms with Crippen LogP contribution in [0.25, 0.3) is 0 Å². The number of nitrogens with one attached hydrogen (secondary N) is 1. The average molecular weight is 235 g/mol. The van der Waals surface area contributed by atoms with Gasteiger partial charge in [-0.05, 0) is 39.6 Å². The van der Waals surface area contributed by atoms with E-state index in [4.69, 9.17) is 0 Å². The van der Waals surface area contributed by atoms with Crippen LogP contribution in [0.15, 0.2) is 23.4 Å². The van der Waals surface area contributed by atoms with Gasteiger partial charge in [-0.2, -0.15) is 0 Å². The summed E-state index contributed by atoms with van der Waals surface area (Å²) in [5.41, 5.74) is 3.00. The predicted octanol–water partition coefficient (Wildman–Crippen LogP) is 1.45. The molecule has 1 fully saturated rings. The highest BCUT2D eigenvalue weighted by Gasteiger charge is 2.28. The van der Waals surface area contributed by atoms with Crippen molar-refractivity contribution in [3.63, 3.8) is 0 Å². The first-order valence-corrected chi connectivity index (χ1v) is 6.67. The first-order chi connectivity index (χ1) is 8.20. The third-order valence-electron chi connectivity index (χ3n) is 3.85. The van der Waals surface area contributed by atoms with Crippen LogP contribution >= 0.6 is 0 Å². The van der Waals surface area contributed by atoms with Crippen molar-refractivity contribution >= 4 is 0 Å². The molecule has 17 heavy (non-hydrogen) atoms. The molecule has 2 rings (SSSR count). The van der Waals surface area contributed by atoms with Crippen molar-refractivity contribution in [2.24, 2.45) is 0 Å². The Morgan fingerprint density at radius 1 is 1.41 bits per heavy atom. The van der Waals surface area contributed by atoms with Crippen LogP contribution < -0.4 is 5.32 Å². The Balaban J connectivity index is 2.00. The van der Waals surface area contributed by atoms with Gasteiger partial charge in [-0.1, -0.05) is 11.6 Å². The quantitative estimate of drug-likeness (QED) is 0.795. The summed E-state index contributed by atoms with van der Waals surface area (Å²) in [6.07, 6.45) is 8.36. The highest BCUT2D eigenvalue weighted by atomic mass is 15.2. The summed E-state index contributed by atoms with van der Waals surface area (Å²) in [6, 6.07) is 0.649. The van der Waals surface area contributed by atoms with Crippen molar-refractivity contribution in [2.75, 3.05) is 40.8 Å². The Kier molecular flexibility index (Phi) is 4.24. The molecule has 1 aliphatic heterocycles. The molecule has 1 unspecified atom stereocenters. The molecule has 3 heteroatoms. The van der Waals surface area contributed by atoms with Crippen molar-refractivity contribution in [3.05, 3.63) is 23.4 Å². The molecule has 0 radical (unpaired) electrons. The Bertz CT molecular complexity index is 317. The number of likely N-dealkylation sites (tertiary alicyclic amines) is 1. The zero-order chi connectivity index (χ0) is 12.3. The summed E-state index contributed by atoms with van der Waals surface area (Å²) in [5.74, 6) is 0. The maximum absolute atomic E-state index is 3.30. The van der Waals surface area contributed by atoms with Gasteiger partial charge in [0.05, 0.1) is 0 Å². The minimum Gasteiger partial charge on any atom is -0.391 e. The Labute approximate surface area is 105 Å². The van der Waals surface area contributed by atoms with Crippen molar-refractivity contribution in [1.29, 1.82) is 0 Å². The number of allylic oxidation sites excluding steroid dienone is 2. The smallest absolute Gasteiger partial charge is 0.0365 e. The second-order valence-electron chi connectivity index (χ2n) is 5.35. The summed E-state index contributed by atoms with van der Waals surface area (Å²) < 4.78 is 0. The van der Waals surface area contributed by atoms with E-state index in [1.165, 1.54) is 31.6 Å². The summed E-state index contributed by atoms with van der Waals surface area (Å²) in [4.78, 5) is 4.93. The van der Waals surface area contributed by atoms with Crippen molar-refractivity contribution in [2.45, 2.75) is 25.3 Å². The summed E-state index contributed by atoms with van der Waals surface area (Å²) in [7, 11) is 6.33. The van der Waals surface area contributed by atoms with Crippen LogP contribution in [-0.2, 0) is 0 Å². The maximum Gasteiger partial charge on any atom is 0.0365 e. The van der Waals surface area contributed by atoms with E-state index in [0.29, 0.717) is 6.04 Å². The van der Waals surface area contributed by atoms with E-state index in [-0.39, 0.29) is 0 Å². The lowest BCUT2D eigenvalue weighted by Crippen LogP contribution is -2.45. The molecule has 1 saturated heterocycles. The van der Waals surface area contributed by atoms with Gasteiger partial charge in [0.2, 0.25) is 0 Å². The van der Waals surface area contributed by atoms with Crippen molar-refractivity contribution in [1.82, 2.24) is 15.1 Å². The lowest BCUT2D eigenvalue weighted by molar-refractivity contribution is 0.170. The van der Waals surface area contributed by atoms with Gasteiger partial charge >= 0.3 is 0 Å². The minimum absolute atomic E-state index is 0.649.